The summed E-state index contributed by atoms with van der Waals surface area (Å²) in [7, 11) is 0. The van der Waals surface area contributed by atoms with E-state index in [0.717, 1.165) is 27.7 Å². The molecule has 7 heteroatoms. The van der Waals surface area contributed by atoms with Gasteiger partial charge in [-0.2, -0.15) is 0 Å². The second kappa shape index (κ2) is 6.03. The van der Waals surface area contributed by atoms with E-state index in [1.54, 1.807) is 6.07 Å². The highest BCUT2D eigenvalue weighted by Gasteiger charge is 2.09. The Bertz CT molecular complexity index is 844. The minimum absolute atomic E-state index is 0.347. The lowest BCUT2D eigenvalue weighted by Gasteiger charge is -2.04. The lowest BCUT2D eigenvalue weighted by Crippen LogP contribution is -2.00. The van der Waals surface area contributed by atoms with E-state index in [4.69, 9.17) is 4.42 Å². The van der Waals surface area contributed by atoms with Crippen molar-refractivity contribution in [2.24, 2.45) is 0 Å². The van der Waals surface area contributed by atoms with Crippen molar-refractivity contribution >= 4 is 38.7 Å². The van der Waals surface area contributed by atoms with E-state index in [9.17, 15) is 4.79 Å². The van der Waals surface area contributed by atoms with Crippen molar-refractivity contribution in [2.75, 3.05) is 0 Å². The summed E-state index contributed by atoms with van der Waals surface area (Å²) in [5.74, 6) is 1.48. The van der Waals surface area contributed by atoms with Gasteiger partial charge in [0.1, 0.15) is 11.4 Å². The molecule has 3 rings (SSSR count). The number of fused-ring (bicyclic) bond motifs is 1. The first-order chi connectivity index (χ1) is 10.2. The number of hydrogen-bond acceptors (Lipinski definition) is 5. The van der Waals surface area contributed by atoms with E-state index < -0.39 is 0 Å². The summed E-state index contributed by atoms with van der Waals surface area (Å²) >= 11 is 4.87. The molecule has 0 aliphatic heterocycles. The molecule has 0 bridgehead atoms. The van der Waals surface area contributed by atoms with E-state index >= 15 is 0 Å². The Kier molecular flexibility index (Phi) is 4.12. The monoisotopic (exact) mass is 365 g/mol. The number of thioether (sulfide) groups is 1. The first kappa shape index (κ1) is 14.3. The van der Waals surface area contributed by atoms with Crippen LogP contribution in [0.4, 0.5) is 0 Å². The van der Waals surface area contributed by atoms with E-state index in [1.165, 1.54) is 17.8 Å². The molecule has 3 aromatic rings. The van der Waals surface area contributed by atoms with Gasteiger partial charge in [-0.15, -0.1) is 5.10 Å². The summed E-state index contributed by atoms with van der Waals surface area (Å²) in [6.45, 7) is 2.02. The normalized spacial score (nSPS) is 11.1. The fourth-order valence-electron chi connectivity index (χ4n) is 1.97. The van der Waals surface area contributed by atoms with Crippen molar-refractivity contribution < 1.29 is 4.42 Å². The number of H-pyrrole nitrogens is 1. The van der Waals surface area contributed by atoms with Crippen LogP contribution in [-0.4, -0.2) is 15.2 Å². The zero-order chi connectivity index (χ0) is 14.8. The third kappa shape index (κ3) is 3.19. The first-order valence-corrected chi connectivity index (χ1v) is 8.20. The maximum atomic E-state index is 11.6. The van der Waals surface area contributed by atoms with Gasteiger partial charge in [0, 0.05) is 28.1 Å². The standard InChI is InChI=1S/C14H12BrN3O2S/c1-2-12-16-14(18-17-12)21-7-8-5-13(19)20-11-6-9(15)3-4-10(8)11/h3-6H,2,7H2,1H3,(H,16,17,18). The maximum Gasteiger partial charge on any atom is 0.336 e. The van der Waals surface area contributed by atoms with Gasteiger partial charge in [-0.3, -0.25) is 5.10 Å². The van der Waals surface area contributed by atoms with Crippen LogP contribution in [0.25, 0.3) is 11.0 Å². The van der Waals surface area contributed by atoms with Crippen molar-refractivity contribution in [3.8, 4) is 0 Å². The number of nitrogens with zero attached hydrogens (tertiary/aromatic N) is 2. The molecule has 21 heavy (non-hydrogen) atoms. The minimum atomic E-state index is -0.347. The highest BCUT2D eigenvalue weighted by atomic mass is 79.9. The molecule has 5 nitrogen and oxygen atoms in total. The molecule has 1 aromatic carbocycles. The van der Waals surface area contributed by atoms with Crippen molar-refractivity contribution in [3.05, 3.63) is 50.5 Å². The van der Waals surface area contributed by atoms with Crippen molar-refractivity contribution in [3.63, 3.8) is 0 Å². The van der Waals surface area contributed by atoms with Crippen LogP contribution in [0.15, 0.2) is 43.1 Å². The lowest BCUT2D eigenvalue weighted by atomic mass is 10.1. The molecule has 0 spiro atoms. The summed E-state index contributed by atoms with van der Waals surface area (Å²) in [4.78, 5) is 16.0. The average Bonchev–Trinajstić information content (AvgIpc) is 2.92. The highest BCUT2D eigenvalue weighted by molar-refractivity contribution is 9.10. The van der Waals surface area contributed by atoms with Crippen LogP contribution < -0.4 is 5.63 Å². The molecule has 0 amide bonds. The highest BCUT2D eigenvalue weighted by Crippen LogP contribution is 2.26. The second-order valence-electron chi connectivity index (χ2n) is 4.44. The Morgan fingerprint density at radius 3 is 3.00 bits per heavy atom. The van der Waals surface area contributed by atoms with Gasteiger partial charge in [-0.25, -0.2) is 9.78 Å². The molecule has 1 N–H and O–H groups in total. The Balaban J connectivity index is 1.91. The number of aryl methyl sites for hydroxylation is 1. The van der Waals surface area contributed by atoms with Crippen LogP contribution >= 0.6 is 27.7 Å². The molecule has 0 saturated heterocycles. The van der Waals surface area contributed by atoms with Gasteiger partial charge >= 0.3 is 5.63 Å². The fraction of sp³-hybridized carbons (Fsp3) is 0.214. The second-order valence-corrected chi connectivity index (χ2v) is 6.30. The Morgan fingerprint density at radius 2 is 2.24 bits per heavy atom. The van der Waals surface area contributed by atoms with E-state index in [-0.39, 0.29) is 5.63 Å². The predicted molar refractivity (Wildman–Crippen MR) is 85.5 cm³/mol. The van der Waals surface area contributed by atoms with E-state index in [0.29, 0.717) is 16.5 Å². The quantitative estimate of drug-likeness (QED) is 0.565. The topological polar surface area (TPSA) is 71.8 Å². The SMILES string of the molecule is CCc1nc(SCc2cc(=O)oc3cc(Br)ccc23)n[nH]1. The number of nitrogens with one attached hydrogen (secondary N) is 1. The number of aromatic amines is 1. The summed E-state index contributed by atoms with van der Waals surface area (Å²) < 4.78 is 6.10. The third-order valence-corrected chi connectivity index (χ3v) is 4.38. The van der Waals surface area contributed by atoms with Crippen LogP contribution in [0.3, 0.4) is 0 Å². The van der Waals surface area contributed by atoms with Crippen molar-refractivity contribution in [1.29, 1.82) is 0 Å². The molecule has 0 unspecified atom stereocenters. The Labute approximate surface area is 133 Å². The Hall–Kier alpha value is -1.60. The summed E-state index contributed by atoms with van der Waals surface area (Å²) in [5, 5.41) is 8.63. The summed E-state index contributed by atoms with van der Waals surface area (Å²) in [6.07, 6.45) is 0.819. The molecule has 0 atom stereocenters. The zero-order valence-electron chi connectivity index (χ0n) is 11.2. The molecule has 2 heterocycles. The third-order valence-electron chi connectivity index (χ3n) is 3.00. The van der Waals surface area contributed by atoms with Gasteiger partial charge in [0.15, 0.2) is 0 Å². The smallest absolute Gasteiger partial charge is 0.336 e. The minimum Gasteiger partial charge on any atom is -0.423 e. The molecule has 0 fully saturated rings. The van der Waals surface area contributed by atoms with Gasteiger partial charge < -0.3 is 4.42 Å². The largest absolute Gasteiger partial charge is 0.423 e. The van der Waals surface area contributed by atoms with Crippen LogP contribution in [0.1, 0.15) is 18.3 Å². The number of benzene rings is 1. The van der Waals surface area contributed by atoms with Crippen LogP contribution in [-0.2, 0) is 12.2 Å². The van der Waals surface area contributed by atoms with Gasteiger partial charge in [-0.1, -0.05) is 34.6 Å². The van der Waals surface area contributed by atoms with Crippen LogP contribution in [0.5, 0.6) is 0 Å². The lowest BCUT2D eigenvalue weighted by molar-refractivity contribution is 0.559. The van der Waals surface area contributed by atoms with E-state index in [1.807, 2.05) is 19.1 Å². The van der Waals surface area contributed by atoms with Crippen molar-refractivity contribution in [1.82, 2.24) is 15.2 Å². The van der Waals surface area contributed by atoms with E-state index in [2.05, 4.69) is 31.1 Å². The molecule has 108 valence electrons. The van der Waals surface area contributed by atoms with Crippen molar-refractivity contribution in [2.45, 2.75) is 24.3 Å². The average molecular weight is 366 g/mol. The summed E-state index contributed by atoms with van der Waals surface area (Å²) in [6, 6.07) is 7.19. The molecule has 2 aromatic heterocycles. The van der Waals surface area contributed by atoms with Gasteiger partial charge in [0.05, 0.1) is 0 Å². The molecular weight excluding hydrogens is 354 g/mol. The molecule has 0 radical (unpaired) electrons. The van der Waals surface area contributed by atoms with Crippen LogP contribution in [0.2, 0.25) is 0 Å². The van der Waals surface area contributed by atoms with Gasteiger partial charge in [-0.05, 0) is 23.8 Å². The predicted octanol–water partition coefficient (Wildman–Crippen LogP) is 3.53. The molecule has 0 aliphatic carbocycles. The van der Waals surface area contributed by atoms with Crippen LogP contribution in [0, 0.1) is 0 Å². The van der Waals surface area contributed by atoms with Gasteiger partial charge in [0.25, 0.3) is 0 Å². The molecule has 0 saturated carbocycles. The zero-order valence-corrected chi connectivity index (χ0v) is 13.6. The Morgan fingerprint density at radius 1 is 1.38 bits per heavy atom. The number of rotatable bonds is 4. The first-order valence-electron chi connectivity index (χ1n) is 6.42. The number of hydrogen-bond donors (Lipinski definition) is 1. The molecule has 0 aliphatic rings. The molecular formula is C14H12BrN3O2S. The van der Waals surface area contributed by atoms with Gasteiger partial charge in [0.2, 0.25) is 5.16 Å². The summed E-state index contributed by atoms with van der Waals surface area (Å²) in [5.41, 5.74) is 1.15. The number of halogens is 1. The number of aromatic nitrogens is 3. The maximum absolute atomic E-state index is 11.6. The fourth-order valence-corrected chi connectivity index (χ4v) is 3.11.